The molecule has 0 aromatic heterocycles. The van der Waals surface area contributed by atoms with Crippen molar-refractivity contribution in [2.75, 3.05) is 6.61 Å². The zero-order valence-electron chi connectivity index (χ0n) is 11.1. The van der Waals surface area contributed by atoms with E-state index >= 15 is 0 Å². The molecule has 2 heterocycles. The predicted octanol–water partition coefficient (Wildman–Crippen LogP) is 2.75. The van der Waals surface area contributed by atoms with Gasteiger partial charge in [-0.2, -0.15) is 0 Å². The Hall–Kier alpha value is -0.770. The zero-order valence-corrected chi connectivity index (χ0v) is 11.8. The Morgan fingerprint density at radius 1 is 1.42 bits per heavy atom. The lowest BCUT2D eigenvalue weighted by atomic mass is 9.99. The maximum atomic E-state index is 10.3. The molecule has 3 rings (SSSR count). The molecule has 0 saturated carbocycles. The van der Waals surface area contributed by atoms with Crippen molar-refractivity contribution in [1.82, 2.24) is 0 Å². The van der Waals surface area contributed by atoms with E-state index in [-0.39, 0.29) is 12.2 Å². The lowest BCUT2D eigenvalue weighted by Crippen LogP contribution is -2.28. The van der Waals surface area contributed by atoms with E-state index < -0.39 is 6.10 Å². The van der Waals surface area contributed by atoms with Crippen LogP contribution in [0.3, 0.4) is 0 Å². The third-order valence-electron chi connectivity index (χ3n) is 3.95. The molecule has 0 spiro atoms. The second-order valence-electron chi connectivity index (χ2n) is 5.49. The van der Waals surface area contributed by atoms with Gasteiger partial charge in [0.25, 0.3) is 0 Å². The Kier molecular flexibility index (Phi) is 3.70. The summed E-state index contributed by atoms with van der Waals surface area (Å²) >= 11 is 6.13. The molecule has 0 radical (unpaired) electrons. The van der Waals surface area contributed by atoms with E-state index in [4.69, 9.17) is 21.1 Å². The molecule has 3 nitrogen and oxygen atoms in total. The van der Waals surface area contributed by atoms with E-state index in [1.54, 1.807) is 0 Å². The Morgan fingerprint density at radius 3 is 3.00 bits per heavy atom. The zero-order chi connectivity index (χ0) is 13.4. The van der Waals surface area contributed by atoms with Gasteiger partial charge in [0.1, 0.15) is 5.75 Å². The molecule has 3 atom stereocenters. The van der Waals surface area contributed by atoms with Gasteiger partial charge in [0.15, 0.2) is 0 Å². The van der Waals surface area contributed by atoms with Crippen LogP contribution in [-0.2, 0) is 17.6 Å². The highest BCUT2D eigenvalue weighted by Crippen LogP contribution is 2.34. The average Bonchev–Trinajstić information content (AvgIpc) is 2.97. The first-order chi connectivity index (χ1) is 9.13. The number of hydrogen-bond acceptors (Lipinski definition) is 3. The first-order valence-electron chi connectivity index (χ1n) is 6.91. The highest BCUT2D eigenvalue weighted by atomic mass is 35.5. The minimum Gasteiger partial charge on any atom is -0.493 e. The third-order valence-corrected chi connectivity index (χ3v) is 4.17. The summed E-state index contributed by atoms with van der Waals surface area (Å²) < 4.78 is 11.4. The SMILES string of the molecule is CC1CCC(C(O)Cc2cc(Cl)cc3c2OCC3)O1. The van der Waals surface area contributed by atoms with Crippen LogP contribution in [0.15, 0.2) is 12.1 Å². The van der Waals surface area contributed by atoms with Gasteiger partial charge in [-0.3, -0.25) is 0 Å². The highest BCUT2D eigenvalue weighted by molar-refractivity contribution is 6.30. The fourth-order valence-electron chi connectivity index (χ4n) is 2.97. The predicted molar refractivity (Wildman–Crippen MR) is 73.9 cm³/mol. The normalized spacial score (nSPS) is 27.1. The van der Waals surface area contributed by atoms with Crippen molar-refractivity contribution in [2.24, 2.45) is 0 Å². The van der Waals surface area contributed by atoms with E-state index in [1.807, 2.05) is 19.1 Å². The van der Waals surface area contributed by atoms with Crippen LogP contribution in [0.4, 0.5) is 0 Å². The van der Waals surface area contributed by atoms with Gasteiger partial charge in [0.05, 0.1) is 24.9 Å². The van der Waals surface area contributed by atoms with Gasteiger partial charge in [0, 0.05) is 17.9 Å². The van der Waals surface area contributed by atoms with Crippen molar-refractivity contribution >= 4 is 11.6 Å². The largest absolute Gasteiger partial charge is 0.493 e. The molecule has 4 heteroatoms. The first-order valence-corrected chi connectivity index (χ1v) is 7.29. The van der Waals surface area contributed by atoms with E-state index in [2.05, 4.69) is 0 Å². The summed E-state index contributed by atoms with van der Waals surface area (Å²) in [7, 11) is 0. The van der Waals surface area contributed by atoms with Crippen LogP contribution in [0.2, 0.25) is 5.02 Å². The Labute approximate surface area is 118 Å². The molecule has 2 aliphatic heterocycles. The number of ether oxygens (including phenoxy) is 2. The molecule has 1 aromatic carbocycles. The van der Waals surface area contributed by atoms with Crippen molar-refractivity contribution in [2.45, 2.75) is 50.9 Å². The Morgan fingerprint density at radius 2 is 2.26 bits per heavy atom. The van der Waals surface area contributed by atoms with Crippen LogP contribution in [0.1, 0.15) is 30.9 Å². The number of rotatable bonds is 3. The van der Waals surface area contributed by atoms with E-state index in [0.29, 0.717) is 18.1 Å². The number of fused-ring (bicyclic) bond motifs is 1. The van der Waals surface area contributed by atoms with Gasteiger partial charge >= 0.3 is 0 Å². The van der Waals surface area contributed by atoms with Crippen molar-refractivity contribution in [3.05, 3.63) is 28.3 Å². The molecule has 1 aromatic rings. The summed E-state index contributed by atoms with van der Waals surface area (Å²) in [6, 6.07) is 3.85. The van der Waals surface area contributed by atoms with E-state index in [0.717, 1.165) is 36.1 Å². The lowest BCUT2D eigenvalue weighted by molar-refractivity contribution is -0.0280. The van der Waals surface area contributed by atoms with Crippen molar-refractivity contribution in [1.29, 1.82) is 0 Å². The van der Waals surface area contributed by atoms with Crippen molar-refractivity contribution < 1.29 is 14.6 Å². The summed E-state index contributed by atoms with van der Waals surface area (Å²) in [4.78, 5) is 0. The molecule has 0 aliphatic carbocycles. The highest BCUT2D eigenvalue weighted by Gasteiger charge is 2.29. The first kappa shape index (κ1) is 13.2. The van der Waals surface area contributed by atoms with E-state index in [9.17, 15) is 5.11 Å². The molecule has 1 fully saturated rings. The smallest absolute Gasteiger partial charge is 0.126 e. The summed E-state index contributed by atoms with van der Waals surface area (Å²) in [5, 5.41) is 11.0. The van der Waals surface area contributed by atoms with E-state index in [1.165, 1.54) is 0 Å². The minimum atomic E-state index is -0.489. The summed E-state index contributed by atoms with van der Waals surface area (Å²) in [6.45, 7) is 2.75. The number of aliphatic hydroxyl groups is 1. The fraction of sp³-hybridized carbons (Fsp3) is 0.600. The molecule has 19 heavy (non-hydrogen) atoms. The van der Waals surface area contributed by atoms with Crippen molar-refractivity contribution in [3.8, 4) is 5.75 Å². The monoisotopic (exact) mass is 282 g/mol. The molecular weight excluding hydrogens is 264 g/mol. The molecule has 0 bridgehead atoms. The van der Waals surface area contributed by atoms with Gasteiger partial charge in [-0.05, 0) is 43.0 Å². The maximum Gasteiger partial charge on any atom is 0.126 e. The number of aliphatic hydroxyl groups excluding tert-OH is 1. The van der Waals surface area contributed by atoms with Crippen LogP contribution in [0.25, 0.3) is 0 Å². The fourth-order valence-corrected chi connectivity index (χ4v) is 3.23. The van der Waals surface area contributed by atoms with Gasteiger partial charge in [-0.1, -0.05) is 11.6 Å². The standard InChI is InChI=1S/C15H19ClO3/c1-9-2-3-14(19-9)13(17)8-11-7-12(16)6-10-4-5-18-15(10)11/h6-7,9,13-14,17H,2-5,8H2,1H3. The molecule has 2 aliphatic rings. The molecule has 1 N–H and O–H groups in total. The third kappa shape index (κ3) is 2.73. The quantitative estimate of drug-likeness (QED) is 0.926. The Balaban J connectivity index is 1.76. The van der Waals surface area contributed by atoms with Gasteiger partial charge in [-0.15, -0.1) is 0 Å². The van der Waals surface area contributed by atoms with Crippen LogP contribution < -0.4 is 4.74 Å². The number of halogens is 1. The van der Waals surface area contributed by atoms with Gasteiger partial charge < -0.3 is 14.6 Å². The summed E-state index contributed by atoms with van der Waals surface area (Å²) in [5.74, 6) is 0.912. The molecule has 3 unspecified atom stereocenters. The number of benzene rings is 1. The van der Waals surface area contributed by atoms with Gasteiger partial charge in [-0.25, -0.2) is 0 Å². The van der Waals surface area contributed by atoms with Crippen LogP contribution in [-0.4, -0.2) is 30.0 Å². The van der Waals surface area contributed by atoms with Crippen molar-refractivity contribution in [3.63, 3.8) is 0 Å². The molecule has 1 saturated heterocycles. The summed E-state index contributed by atoms with van der Waals surface area (Å²) in [6.07, 6.45) is 3.08. The van der Waals surface area contributed by atoms with Gasteiger partial charge in [0.2, 0.25) is 0 Å². The maximum absolute atomic E-state index is 10.3. The molecule has 104 valence electrons. The molecule has 0 amide bonds. The Bertz CT molecular complexity index is 475. The average molecular weight is 283 g/mol. The van der Waals surface area contributed by atoms with Crippen LogP contribution >= 0.6 is 11.6 Å². The topological polar surface area (TPSA) is 38.7 Å². The number of hydrogen-bond donors (Lipinski definition) is 1. The molecular formula is C15H19ClO3. The second-order valence-corrected chi connectivity index (χ2v) is 5.92. The van der Waals surface area contributed by atoms with Crippen LogP contribution in [0.5, 0.6) is 5.75 Å². The van der Waals surface area contributed by atoms with Crippen LogP contribution in [0, 0.1) is 0 Å². The lowest BCUT2D eigenvalue weighted by Gasteiger charge is -2.19. The summed E-state index contributed by atoms with van der Waals surface area (Å²) in [5.41, 5.74) is 2.14. The second kappa shape index (κ2) is 5.31. The minimum absolute atomic E-state index is 0.0639.